The molecule has 4 aliphatic rings. The van der Waals surface area contributed by atoms with Crippen molar-refractivity contribution in [1.82, 2.24) is 4.57 Å². The Balaban J connectivity index is 1.15. The number of para-hydroxylation sites is 2. The smallest absolute Gasteiger partial charge is 0.247 e. The minimum atomic E-state index is -0.150. The van der Waals surface area contributed by atoms with E-state index in [-0.39, 0.29) is 24.3 Å². The van der Waals surface area contributed by atoms with Gasteiger partial charge in [-0.15, -0.1) is 0 Å². The van der Waals surface area contributed by atoms with Crippen LogP contribution in [0.25, 0.3) is 38.6 Å². The summed E-state index contributed by atoms with van der Waals surface area (Å²) in [5.74, 6) is 0. The molecule has 0 aliphatic carbocycles. The summed E-state index contributed by atoms with van der Waals surface area (Å²) in [6.45, 7) is 14.7. The first-order valence-electron chi connectivity index (χ1n) is 21.7. The Hall–Kier alpha value is -6.51. The molecule has 0 N–H and O–H groups in total. The van der Waals surface area contributed by atoms with Crippen molar-refractivity contribution in [1.29, 1.82) is 0 Å². The van der Waals surface area contributed by atoms with E-state index in [0.29, 0.717) is 0 Å². The van der Waals surface area contributed by atoms with Gasteiger partial charge in [-0.3, -0.25) is 0 Å². The average Bonchev–Trinajstić information content (AvgIpc) is 3.60. The molecule has 1 aromatic heterocycles. The van der Waals surface area contributed by atoms with Gasteiger partial charge in [-0.05, 0) is 117 Å². The van der Waals surface area contributed by atoms with E-state index in [1.165, 1.54) is 122 Å². The molecule has 0 saturated heterocycles. The van der Waals surface area contributed by atoms with Crippen LogP contribution in [0.15, 0.2) is 158 Å². The van der Waals surface area contributed by atoms with Gasteiger partial charge in [-0.2, -0.15) is 0 Å². The molecule has 2 nitrogen and oxygen atoms in total. The van der Waals surface area contributed by atoms with Crippen LogP contribution in [0.2, 0.25) is 0 Å². The van der Waals surface area contributed by atoms with Crippen molar-refractivity contribution in [2.45, 2.75) is 52.4 Å². The summed E-state index contributed by atoms with van der Waals surface area (Å²) >= 11 is 0. The summed E-state index contributed by atoms with van der Waals surface area (Å²) in [7, 11) is 0. The summed E-state index contributed by atoms with van der Waals surface area (Å²) in [6.07, 6.45) is 0. The van der Waals surface area contributed by atoms with E-state index in [1.54, 1.807) is 0 Å². The van der Waals surface area contributed by atoms with Crippen LogP contribution < -0.4 is 37.7 Å². The van der Waals surface area contributed by atoms with E-state index >= 15 is 0 Å². The highest BCUT2D eigenvalue weighted by atomic mass is 15.2. The molecule has 13 rings (SSSR count). The van der Waals surface area contributed by atoms with Crippen LogP contribution in [0.4, 0.5) is 17.1 Å². The zero-order valence-electron chi connectivity index (χ0n) is 35.1. The van der Waals surface area contributed by atoms with Gasteiger partial charge in [0.25, 0.3) is 0 Å². The molecule has 284 valence electrons. The van der Waals surface area contributed by atoms with Gasteiger partial charge in [0.1, 0.15) is 0 Å². The van der Waals surface area contributed by atoms with Gasteiger partial charge in [0.15, 0.2) is 0 Å². The van der Waals surface area contributed by atoms with E-state index in [9.17, 15) is 0 Å². The Kier molecular flexibility index (Phi) is 6.65. The lowest BCUT2D eigenvalue weighted by Crippen LogP contribution is -2.70. The van der Waals surface area contributed by atoms with Crippen molar-refractivity contribution in [3.8, 4) is 16.8 Å². The Morgan fingerprint density at radius 1 is 0.433 bits per heavy atom. The fraction of sp³-hybridized carbons (Fsp3) is 0.143. The topological polar surface area (TPSA) is 8.17 Å². The molecule has 0 amide bonds. The van der Waals surface area contributed by atoms with Crippen LogP contribution >= 0.6 is 0 Å². The molecule has 8 aromatic carbocycles. The number of fused-ring (bicyclic) bond motifs is 11. The molecule has 4 heteroatoms. The largest absolute Gasteiger partial charge is 0.313 e. The van der Waals surface area contributed by atoms with Crippen LogP contribution in [-0.4, -0.2) is 18.0 Å². The first-order valence-corrected chi connectivity index (χ1v) is 21.7. The van der Waals surface area contributed by atoms with Crippen molar-refractivity contribution < 1.29 is 0 Å². The van der Waals surface area contributed by atoms with Crippen molar-refractivity contribution in [2.75, 3.05) is 4.90 Å². The molecular formula is C56H44B2N2. The van der Waals surface area contributed by atoms with Gasteiger partial charge < -0.3 is 9.47 Å². The summed E-state index contributed by atoms with van der Waals surface area (Å²) in [5.41, 5.74) is 27.0. The van der Waals surface area contributed by atoms with Crippen molar-refractivity contribution >= 4 is 85.1 Å². The maximum atomic E-state index is 2.69. The molecule has 0 atom stereocenters. The highest BCUT2D eigenvalue weighted by Gasteiger charge is 2.52. The van der Waals surface area contributed by atoms with Gasteiger partial charge in [-0.1, -0.05) is 160 Å². The molecule has 0 spiro atoms. The Morgan fingerprint density at radius 2 is 0.917 bits per heavy atom. The van der Waals surface area contributed by atoms with Crippen LogP contribution in [0.3, 0.4) is 0 Å². The van der Waals surface area contributed by atoms with Crippen molar-refractivity contribution in [3.63, 3.8) is 0 Å². The molecule has 0 saturated carbocycles. The highest BCUT2D eigenvalue weighted by Crippen LogP contribution is 2.47. The fourth-order valence-electron chi connectivity index (χ4n) is 12.9. The second-order valence-corrected chi connectivity index (χ2v) is 18.9. The summed E-state index contributed by atoms with van der Waals surface area (Å²) in [6, 6.07) is 60.4. The van der Waals surface area contributed by atoms with Crippen LogP contribution in [-0.2, 0) is 10.8 Å². The van der Waals surface area contributed by atoms with E-state index in [1.807, 2.05) is 0 Å². The maximum Gasteiger partial charge on any atom is 0.247 e. The fourth-order valence-corrected chi connectivity index (χ4v) is 12.9. The number of aryl methyl sites for hydroxylation is 2. The molecule has 0 unspecified atom stereocenters. The summed E-state index contributed by atoms with van der Waals surface area (Å²) < 4.78 is 2.45. The quantitative estimate of drug-likeness (QED) is 0.159. The second kappa shape index (κ2) is 11.6. The average molecular weight is 767 g/mol. The lowest BCUT2D eigenvalue weighted by Gasteiger charge is -2.51. The van der Waals surface area contributed by atoms with Gasteiger partial charge in [-0.25, -0.2) is 0 Å². The Bertz CT molecular complexity index is 3190. The van der Waals surface area contributed by atoms with Crippen LogP contribution in [0.1, 0.15) is 61.1 Å². The number of hydrogen-bond acceptors (Lipinski definition) is 1. The summed E-state index contributed by atoms with van der Waals surface area (Å²) in [5, 5.41) is 2.56. The SMILES string of the molecule is Cc1ccc2c3c1C(C)(C)c1ccccc1B3c1cc(-c3cccc(-n4c5ccccc5c5ccccc54)c3)cc3c1N2c1ccc(C)c2c1B3c1ccccc1C2(C)C. The molecule has 60 heavy (non-hydrogen) atoms. The molecular weight excluding hydrogens is 722 g/mol. The van der Waals surface area contributed by atoms with E-state index in [2.05, 4.69) is 209 Å². The molecule has 4 aliphatic heterocycles. The highest BCUT2D eigenvalue weighted by molar-refractivity contribution is 7.03. The normalized spacial score (nSPS) is 15.7. The number of benzene rings is 8. The number of aromatic nitrogens is 1. The van der Waals surface area contributed by atoms with E-state index in [0.717, 1.165) is 0 Å². The lowest BCUT2D eigenvalue weighted by molar-refractivity contribution is 0.640. The third kappa shape index (κ3) is 4.17. The molecule has 9 aromatic rings. The number of nitrogens with zero attached hydrogens (tertiary/aromatic N) is 2. The van der Waals surface area contributed by atoms with Crippen LogP contribution in [0.5, 0.6) is 0 Å². The zero-order chi connectivity index (χ0) is 40.4. The summed E-state index contributed by atoms with van der Waals surface area (Å²) in [4.78, 5) is 2.69. The van der Waals surface area contributed by atoms with Gasteiger partial charge in [0.05, 0.1) is 11.0 Å². The Morgan fingerprint density at radius 3 is 1.45 bits per heavy atom. The van der Waals surface area contributed by atoms with Crippen molar-refractivity contribution in [2.24, 2.45) is 0 Å². The molecule has 0 fully saturated rings. The first kappa shape index (κ1) is 34.4. The predicted octanol–water partition coefficient (Wildman–Crippen LogP) is 9.48. The second-order valence-electron chi connectivity index (χ2n) is 18.9. The number of rotatable bonds is 2. The predicted molar refractivity (Wildman–Crippen MR) is 257 cm³/mol. The van der Waals surface area contributed by atoms with Gasteiger partial charge in [0.2, 0.25) is 13.4 Å². The molecule has 0 radical (unpaired) electrons. The first-order chi connectivity index (χ1) is 29.1. The minimum absolute atomic E-state index is 0.103. The van der Waals surface area contributed by atoms with Crippen LogP contribution in [0, 0.1) is 13.8 Å². The van der Waals surface area contributed by atoms with Gasteiger partial charge in [0, 0.05) is 44.4 Å². The van der Waals surface area contributed by atoms with Gasteiger partial charge >= 0.3 is 0 Å². The minimum Gasteiger partial charge on any atom is -0.313 e. The van der Waals surface area contributed by atoms with E-state index in [4.69, 9.17) is 0 Å². The molecule has 5 heterocycles. The monoisotopic (exact) mass is 766 g/mol. The van der Waals surface area contributed by atoms with E-state index < -0.39 is 0 Å². The molecule has 0 bridgehead atoms. The lowest BCUT2D eigenvalue weighted by atomic mass is 9.26. The third-order valence-electron chi connectivity index (χ3n) is 15.1. The standard InChI is InChI=1S/C56H44B2N2/c1-33-26-28-48-52-50(33)55(3,4)40-20-9-11-22-42(40)57(52)44-31-36(35-16-15-17-37(30-35)59-46-24-13-7-18-38(46)39-19-8-14-25-47(39)59)32-45-54(44)60(48)49-29-27-34(2)51-53(49)58(45)43-23-12-10-21-41(43)56(51,5)6/h7-32H,1-6H3. The third-order valence-corrected chi connectivity index (χ3v) is 15.1. The van der Waals surface area contributed by atoms with Crippen molar-refractivity contribution in [3.05, 3.63) is 191 Å². The zero-order valence-corrected chi connectivity index (χ0v) is 35.1. The Labute approximate surface area is 353 Å². The number of hydrogen-bond donors (Lipinski definition) is 0. The number of anilines is 3. The maximum absolute atomic E-state index is 2.69.